The number of pyridine rings is 1. The van der Waals surface area contributed by atoms with Crippen LogP contribution in [0.1, 0.15) is 45.1 Å². The Kier molecular flexibility index (Phi) is 5.20. The predicted molar refractivity (Wildman–Crippen MR) is 78.2 cm³/mol. The van der Waals surface area contributed by atoms with Gasteiger partial charge < -0.3 is 10.1 Å². The summed E-state index contributed by atoms with van der Waals surface area (Å²) >= 11 is 0. The monoisotopic (exact) mass is 262 g/mol. The maximum absolute atomic E-state index is 5.16. The van der Waals surface area contributed by atoms with Gasteiger partial charge >= 0.3 is 0 Å². The van der Waals surface area contributed by atoms with Crippen molar-refractivity contribution in [3.63, 3.8) is 0 Å². The van der Waals surface area contributed by atoms with Gasteiger partial charge in [0.15, 0.2) is 0 Å². The molecule has 0 radical (unpaired) electrons. The van der Waals surface area contributed by atoms with E-state index < -0.39 is 0 Å². The molecule has 1 fully saturated rings. The molecule has 2 unspecified atom stereocenters. The van der Waals surface area contributed by atoms with E-state index in [1.165, 1.54) is 31.2 Å². The maximum atomic E-state index is 5.16. The van der Waals surface area contributed by atoms with Gasteiger partial charge in [0.1, 0.15) is 0 Å². The third-order valence-electron chi connectivity index (χ3n) is 4.26. The van der Waals surface area contributed by atoms with Gasteiger partial charge in [-0.15, -0.1) is 0 Å². The first-order valence-electron chi connectivity index (χ1n) is 7.41. The zero-order chi connectivity index (χ0) is 13.7. The van der Waals surface area contributed by atoms with Crippen LogP contribution >= 0.6 is 0 Å². The molecule has 2 rings (SSSR count). The highest BCUT2D eigenvalue weighted by molar-refractivity contribution is 5.20. The van der Waals surface area contributed by atoms with E-state index in [0.717, 1.165) is 18.4 Å². The first-order valence-corrected chi connectivity index (χ1v) is 7.41. The minimum absolute atomic E-state index is 0.667. The molecule has 0 aliphatic heterocycles. The molecule has 2 atom stereocenters. The number of nitrogens with one attached hydrogen (secondary N) is 1. The molecule has 0 aromatic carbocycles. The van der Waals surface area contributed by atoms with Gasteiger partial charge in [0.2, 0.25) is 5.88 Å². The number of nitrogens with zero attached hydrogens (tertiary/aromatic N) is 1. The number of ether oxygens (including phenoxy) is 1. The highest BCUT2D eigenvalue weighted by Gasteiger charge is 2.23. The Balaban J connectivity index is 1.84. The smallest absolute Gasteiger partial charge is 0.213 e. The normalized spacial score (nSPS) is 23.6. The molecule has 1 saturated carbocycles. The van der Waals surface area contributed by atoms with E-state index in [9.17, 15) is 0 Å². The Morgan fingerprint density at radius 1 is 1.42 bits per heavy atom. The fourth-order valence-electron chi connectivity index (χ4n) is 2.95. The number of rotatable bonds is 5. The van der Waals surface area contributed by atoms with Gasteiger partial charge in [0.25, 0.3) is 0 Å². The number of hydrogen-bond acceptors (Lipinski definition) is 3. The maximum Gasteiger partial charge on any atom is 0.213 e. The van der Waals surface area contributed by atoms with Crippen LogP contribution < -0.4 is 10.1 Å². The summed E-state index contributed by atoms with van der Waals surface area (Å²) < 4.78 is 5.16. The second-order valence-electron chi connectivity index (χ2n) is 5.95. The molecule has 1 aromatic rings. The molecule has 0 bridgehead atoms. The minimum Gasteiger partial charge on any atom is -0.481 e. The largest absolute Gasteiger partial charge is 0.481 e. The number of aromatic nitrogens is 1. The fraction of sp³-hybridized carbons (Fsp3) is 0.688. The molecular weight excluding hydrogens is 236 g/mol. The summed E-state index contributed by atoms with van der Waals surface area (Å²) in [6.45, 7) is 5.61. The zero-order valence-corrected chi connectivity index (χ0v) is 12.4. The second-order valence-corrected chi connectivity index (χ2v) is 5.95. The van der Waals surface area contributed by atoms with E-state index in [1.807, 2.05) is 12.3 Å². The molecule has 0 amide bonds. The SMILES string of the molecule is COc1cc(CNC2CCCC(C(C)C)C2)ccn1. The Morgan fingerprint density at radius 3 is 3.00 bits per heavy atom. The summed E-state index contributed by atoms with van der Waals surface area (Å²) in [6.07, 6.45) is 7.21. The molecule has 1 aromatic heterocycles. The lowest BCUT2D eigenvalue weighted by Crippen LogP contribution is -2.35. The second kappa shape index (κ2) is 6.90. The molecular formula is C16H26N2O. The fourth-order valence-corrected chi connectivity index (χ4v) is 2.95. The van der Waals surface area contributed by atoms with Crippen LogP contribution in [-0.4, -0.2) is 18.1 Å². The third-order valence-corrected chi connectivity index (χ3v) is 4.26. The van der Waals surface area contributed by atoms with Crippen LogP contribution in [0.4, 0.5) is 0 Å². The van der Waals surface area contributed by atoms with Crippen molar-refractivity contribution in [2.75, 3.05) is 7.11 Å². The van der Waals surface area contributed by atoms with E-state index >= 15 is 0 Å². The van der Waals surface area contributed by atoms with Crippen molar-refractivity contribution in [2.24, 2.45) is 11.8 Å². The van der Waals surface area contributed by atoms with Crippen molar-refractivity contribution in [3.05, 3.63) is 23.9 Å². The molecule has 0 saturated heterocycles. The summed E-state index contributed by atoms with van der Waals surface area (Å²) in [7, 11) is 1.66. The van der Waals surface area contributed by atoms with Crippen molar-refractivity contribution in [1.29, 1.82) is 0 Å². The Hall–Kier alpha value is -1.09. The molecule has 1 aliphatic carbocycles. The third kappa shape index (κ3) is 4.20. The Morgan fingerprint density at radius 2 is 2.26 bits per heavy atom. The molecule has 1 N–H and O–H groups in total. The van der Waals surface area contributed by atoms with Gasteiger partial charge in [-0.25, -0.2) is 4.98 Å². The van der Waals surface area contributed by atoms with Crippen LogP contribution in [0.15, 0.2) is 18.3 Å². The number of methoxy groups -OCH3 is 1. The van der Waals surface area contributed by atoms with Crippen molar-refractivity contribution in [3.8, 4) is 5.88 Å². The first kappa shape index (κ1) is 14.3. The van der Waals surface area contributed by atoms with Crippen molar-refractivity contribution < 1.29 is 4.74 Å². The molecule has 1 aliphatic rings. The summed E-state index contributed by atoms with van der Waals surface area (Å²) in [6, 6.07) is 4.73. The quantitative estimate of drug-likeness (QED) is 0.883. The average Bonchev–Trinajstić information content (AvgIpc) is 2.45. The lowest BCUT2D eigenvalue weighted by atomic mass is 9.79. The average molecular weight is 262 g/mol. The summed E-state index contributed by atoms with van der Waals surface area (Å²) in [5.74, 6) is 2.40. The molecule has 0 spiro atoms. The van der Waals surface area contributed by atoms with Crippen LogP contribution in [0.3, 0.4) is 0 Å². The molecule has 3 heteroatoms. The van der Waals surface area contributed by atoms with E-state index in [0.29, 0.717) is 11.9 Å². The van der Waals surface area contributed by atoms with E-state index in [1.54, 1.807) is 7.11 Å². The van der Waals surface area contributed by atoms with Crippen molar-refractivity contribution in [2.45, 2.75) is 52.1 Å². The van der Waals surface area contributed by atoms with Crippen LogP contribution in [0, 0.1) is 11.8 Å². The van der Waals surface area contributed by atoms with Crippen LogP contribution in [0.5, 0.6) is 5.88 Å². The lowest BCUT2D eigenvalue weighted by Gasteiger charge is -2.32. The van der Waals surface area contributed by atoms with E-state index in [2.05, 4.69) is 30.2 Å². The first-order chi connectivity index (χ1) is 9.19. The Bertz CT molecular complexity index is 392. The Labute approximate surface area is 116 Å². The van der Waals surface area contributed by atoms with Gasteiger partial charge in [-0.05, 0) is 36.3 Å². The van der Waals surface area contributed by atoms with E-state index in [-0.39, 0.29) is 0 Å². The van der Waals surface area contributed by atoms with Gasteiger partial charge in [-0.2, -0.15) is 0 Å². The van der Waals surface area contributed by atoms with Crippen LogP contribution in [0.25, 0.3) is 0 Å². The van der Waals surface area contributed by atoms with Gasteiger partial charge in [-0.3, -0.25) is 0 Å². The number of hydrogen-bond donors (Lipinski definition) is 1. The van der Waals surface area contributed by atoms with Gasteiger partial charge in [0, 0.05) is 24.8 Å². The van der Waals surface area contributed by atoms with Crippen LogP contribution in [-0.2, 0) is 6.54 Å². The van der Waals surface area contributed by atoms with Crippen molar-refractivity contribution >= 4 is 0 Å². The summed E-state index contributed by atoms with van der Waals surface area (Å²) in [5.41, 5.74) is 1.25. The molecule has 19 heavy (non-hydrogen) atoms. The van der Waals surface area contributed by atoms with E-state index in [4.69, 9.17) is 4.74 Å². The van der Waals surface area contributed by atoms with Crippen LogP contribution in [0.2, 0.25) is 0 Å². The van der Waals surface area contributed by atoms with Gasteiger partial charge in [0.05, 0.1) is 7.11 Å². The molecule has 106 valence electrons. The topological polar surface area (TPSA) is 34.1 Å². The zero-order valence-electron chi connectivity index (χ0n) is 12.4. The molecule has 1 heterocycles. The highest BCUT2D eigenvalue weighted by atomic mass is 16.5. The standard InChI is InChI=1S/C16H26N2O/c1-12(2)14-5-4-6-15(10-14)18-11-13-7-8-17-16(9-13)19-3/h7-9,12,14-15,18H,4-6,10-11H2,1-3H3. The predicted octanol–water partition coefficient (Wildman–Crippen LogP) is 3.39. The summed E-state index contributed by atoms with van der Waals surface area (Å²) in [4.78, 5) is 4.14. The summed E-state index contributed by atoms with van der Waals surface area (Å²) in [5, 5.41) is 3.69. The lowest BCUT2D eigenvalue weighted by molar-refractivity contribution is 0.230. The van der Waals surface area contributed by atoms with Crippen molar-refractivity contribution in [1.82, 2.24) is 10.3 Å². The molecule has 3 nitrogen and oxygen atoms in total. The minimum atomic E-state index is 0.667. The van der Waals surface area contributed by atoms with Gasteiger partial charge in [-0.1, -0.05) is 26.7 Å². The highest BCUT2D eigenvalue weighted by Crippen LogP contribution is 2.30.